The number of hydrogen-bond donors (Lipinski definition) is 3. The lowest BCUT2D eigenvalue weighted by atomic mass is 10.4. The Hall–Kier alpha value is -1.33. The van der Waals surface area contributed by atoms with E-state index >= 15 is 0 Å². The van der Waals surface area contributed by atoms with Crippen molar-refractivity contribution in [2.45, 2.75) is 13.0 Å². The van der Waals surface area contributed by atoms with Crippen LogP contribution in [0.4, 0.5) is 0 Å². The maximum Gasteiger partial charge on any atom is 0.239 e. The van der Waals surface area contributed by atoms with Gasteiger partial charge in [-0.1, -0.05) is 0 Å². The first-order valence-electron chi connectivity index (χ1n) is 8.06. The zero-order chi connectivity index (χ0) is 17.6. The number of ether oxygens (including phenoxy) is 1. The molecule has 0 fully saturated rings. The van der Waals surface area contributed by atoms with Gasteiger partial charge in [0.2, 0.25) is 5.91 Å². The van der Waals surface area contributed by atoms with Crippen LogP contribution >= 0.6 is 24.0 Å². The van der Waals surface area contributed by atoms with Gasteiger partial charge in [0, 0.05) is 40.4 Å². The van der Waals surface area contributed by atoms with E-state index in [1.807, 2.05) is 6.07 Å². The monoisotopic (exact) mass is 467 g/mol. The summed E-state index contributed by atoms with van der Waals surface area (Å²) in [5.74, 6) is 1.21. The number of nitrogens with zero attached hydrogens (tertiary/aromatic N) is 2. The van der Waals surface area contributed by atoms with Crippen LogP contribution in [0.5, 0.6) is 0 Å². The third-order valence-electron chi connectivity index (χ3n) is 3.35. The summed E-state index contributed by atoms with van der Waals surface area (Å²) in [4.78, 5) is 18.1. The highest BCUT2D eigenvalue weighted by Gasteiger charge is 2.05. The first-order valence-corrected chi connectivity index (χ1v) is 8.06. The molecule has 0 saturated carbocycles. The van der Waals surface area contributed by atoms with Crippen molar-refractivity contribution < 1.29 is 13.9 Å². The number of rotatable bonds is 11. The summed E-state index contributed by atoms with van der Waals surface area (Å²) in [5.41, 5.74) is 0. The Bertz CT molecular complexity index is 482. The molecular weight excluding hydrogens is 437 g/mol. The van der Waals surface area contributed by atoms with E-state index in [-0.39, 0.29) is 36.4 Å². The molecule has 1 aromatic rings. The lowest BCUT2D eigenvalue weighted by molar-refractivity contribution is -0.120. The van der Waals surface area contributed by atoms with Gasteiger partial charge in [0.15, 0.2) is 5.96 Å². The molecule has 0 aromatic carbocycles. The van der Waals surface area contributed by atoms with Crippen molar-refractivity contribution >= 4 is 35.8 Å². The molecule has 25 heavy (non-hydrogen) atoms. The number of carbonyl (C=O) groups excluding carboxylic acids is 1. The van der Waals surface area contributed by atoms with Crippen LogP contribution in [0, 0.1) is 0 Å². The van der Waals surface area contributed by atoms with Crippen LogP contribution in [-0.4, -0.2) is 70.8 Å². The molecule has 8 nitrogen and oxygen atoms in total. The van der Waals surface area contributed by atoms with Gasteiger partial charge in [0.05, 0.1) is 19.4 Å². The molecule has 0 saturated heterocycles. The minimum atomic E-state index is -0.119. The van der Waals surface area contributed by atoms with Gasteiger partial charge >= 0.3 is 0 Å². The van der Waals surface area contributed by atoms with Crippen molar-refractivity contribution in [1.29, 1.82) is 0 Å². The van der Waals surface area contributed by atoms with E-state index in [2.05, 4.69) is 32.9 Å². The first kappa shape index (κ1) is 23.7. The van der Waals surface area contributed by atoms with Crippen molar-refractivity contribution in [3.8, 4) is 0 Å². The van der Waals surface area contributed by atoms with Crippen LogP contribution in [0.15, 0.2) is 27.8 Å². The normalized spacial score (nSPS) is 11.1. The summed E-state index contributed by atoms with van der Waals surface area (Å²) in [6.07, 6.45) is 2.59. The van der Waals surface area contributed by atoms with Crippen molar-refractivity contribution in [1.82, 2.24) is 20.9 Å². The SMILES string of the molecule is CN=C(NCCN(C)CCCOC)NCC(=O)NCc1ccco1.I. The van der Waals surface area contributed by atoms with E-state index in [0.717, 1.165) is 38.4 Å². The molecule has 0 aliphatic heterocycles. The van der Waals surface area contributed by atoms with E-state index < -0.39 is 0 Å². The Morgan fingerprint density at radius 2 is 2.12 bits per heavy atom. The number of furan rings is 1. The van der Waals surface area contributed by atoms with Crippen LogP contribution in [0.2, 0.25) is 0 Å². The minimum absolute atomic E-state index is 0. The third kappa shape index (κ3) is 11.8. The molecule has 9 heteroatoms. The second-order valence-electron chi connectivity index (χ2n) is 5.36. The molecule has 1 aromatic heterocycles. The quantitative estimate of drug-likeness (QED) is 0.192. The number of halogens is 1. The second kappa shape index (κ2) is 15.0. The number of likely N-dealkylation sites (N-methyl/N-ethyl adjacent to an activating group) is 1. The third-order valence-corrected chi connectivity index (χ3v) is 3.35. The van der Waals surface area contributed by atoms with Gasteiger partial charge in [-0.2, -0.15) is 0 Å². The largest absolute Gasteiger partial charge is 0.467 e. The summed E-state index contributed by atoms with van der Waals surface area (Å²) >= 11 is 0. The fourth-order valence-electron chi connectivity index (χ4n) is 2.00. The first-order chi connectivity index (χ1) is 11.7. The van der Waals surface area contributed by atoms with Gasteiger partial charge in [0.25, 0.3) is 0 Å². The molecule has 0 radical (unpaired) electrons. The van der Waals surface area contributed by atoms with Gasteiger partial charge in [-0.15, -0.1) is 24.0 Å². The smallest absolute Gasteiger partial charge is 0.239 e. The lowest BCUT2D eigenvalue weighted by Gasteiger charge is -2.18. The molecule has 1 rings (SSSR count). The fraction of sp³-hybridized carbons (Fsp3) is 0.625. The number of hydrogen-bond acceptors (Lipinski definition) is 5. The number of nitrogens with one attached hydrogen (secondary N) is 3. The summed E-state index contributed by atoms with van der Waals surface area (Å²) in [5, 5.41) is 8.94. The molecule has 0 aliphatic carbocycles. The van der Waals surface area contributed by atoms with Crippen LogP contribution in [0.3, 0.4) is 0 Å². The Kier molecular flexibility index (Phi) is 14.2. The van der Waals surface area contributed by atoms with Crippen LogP contribution in [0.25, 0.3) is 0 Å². The molecule has 0 atom stereocenters. The molecular formula is C16H30IN5O3. The highest BCUT2D eigenvalue weighted by atomic mass is 127. The standard InChI is InChI=1S/C16H29N5O3.HI/c1-17-16(18-7-9-21(2)8-5-10-23-3)20-13-15(22)19-12-14-6-4-11-24-14;/h4,6,11H,5,7-10,12-13H2,1-3H3,(H,19,22)(H2,17,18,20);1H. The Balaban J connectivity index is 0.00000576. The number of amides is 1. The predicted molar refractivity (Wildman–Crippen MR) is 109 cm³/mol. The molecule has 0 spiro atoms. The average Bonchev–Trinajstić information content (AvgIpc) is 3.09. The van der Waals surface area contributed by atoms with Crippen molar-refractivity contribution in [3.05, 3.63) is 24.2 Å². The highest BCUT2D eigenvalue weighted by Crippen LogP contribution is 1.97. The predicted octanol–water partition coefficient (Wildman–Crippen LogP) is 0.647. The van der Waals surface area contributed by atoms with Gasteiger partial charge in [-0.25, -0.2) is 0 Å². The Labute approximate surface area is 166 Å². The van der Waals surface area contributed by atoms with Crippen LogP contribution in [-0.2, 0) is 16.1 Å². The zero-order valence-electron chi connectivity index (χ0n) is 15.2. The molecule has 0 unspecified atom stereocenters. The Morgan fingerprint density at radius 1 is 1.32 bits per heavy atom. The summed E-state index contributed by atoms with van der Waals surface area (Å²) < 4.78 is 10.2. The van der Waals surface area contributed by atoms with Gasteiger partial charge < -0.3 is 30.0 Å². The van der Waals surface area contributed by atoms with Crippen molar-refractivity contribution in [2.75, 3.05) is 54.0 Å². The van der Waals surface area contributed by atoms with Gasteiger partial charge in [0.1, 0.15) is 5.76 Å². The lowest BCUT2D eigenvalue weighted by Crippen LogP contribution is -2.45. The highest BCUT2D eigenvalue weighted by molar-refractivity contribution is 14.0. The number of methoxy groups -OCH3 is 1. The maximum atomic E-state index is 11.8. The van der Waals surface area contributed by atoms with Gasteiger partial charge in [-0.3, -0.25) is 9.79 Å². The van der Waals surface area contributed by atoms with E-state index in [9.17, 15) is 4.79 Å². The summed E-state index contributed by atoms with van der Waals surface area (Å²) in [6.45, 7) is 3.92. The summed E-state index contributed by atoms with van der Waals surface area (Å²) in [7, 11) is 5.45. The molecule has 3 N–H and O–H groups in total. The second-order valence-corrected chi connectivity index (χ2v) is 5.36. The summed E-state index contributed by atoms with van der Waals surface area (Å²) in [6, 6.07) is 3.61. The molecule has 0 bridgehead atoms. The Morgan fingerprint density at radius 3 is 2.76 bits per heavy atom. The number of guanidine groups is 1. The topological polar surface area (TPSA) is 91.1 Å². The average molecular weight is 467 g/mol. The van der Waals surface area contributed by atoms with Crippen molar-refractivity contribution in [2.24, 2.45) is 4.99 Å². The zero-order valence-corrected chi connectivity index (χ0v) is 17.5. The minimum Gasteiger partial charge on any atom is -0.467 e. The molecule has 1 amide bonds. The molecule has 0 aliphatic rings. The van der Waals surface area contributed by atoms with E-state index in [1.165, 1.54) is 0 Å². The fourth-order valence-corrected chi connectivity index (χ4v) is 2.00. The number of carbonyl (C=O) groups is 1. The maximum absolute atomic E-state index is 11.8. The van der Waals surface area contributed by atoms with E-state index in [4.69, 9.17) is 9.15 Å². The van der Waals surface area contributed by atoms with Crippen LogP contribution < -0.4 is 16.0 Å². The molecule has 144 valence electrons. The molecule has 1 heterocycles. The van der Waals surface area contributed by atoms with Crippen molar-refractivity contribution in [3.63, 3.8) is 0 Å². The number of aliphatic imine (C=N–C) groups is 1. The van der Waals surface area contributed by atoms with E-state index in [1.54, 1.807) is 26.5 Å². The van der Waals surface area contributed by atoms with E-state index in [0.29, 0.717) is 12.5 Å². The van der Waals surface area contributed by atoms with Crippen LogP contribution in [0.1, 0.15) is 12.2 Å². The van der Waals surface area contributed by atoms with Gasteiger partial charge in [-0.05, 0) is 25.6 Å².